The Bertz CT molecular complexity index is 2480. The van der Waals surface area contributed by atoms with Crippen LogP contribution in [0.1, 0.15) is 0 Å². The monoisotopic (exact) mass is 591 g/mol. The Morgan fingerprint density at radius 1 is 0.500 bits per heavy atom. The average molecular weight is 592 g/mol. The van der Waals surface area contributed by atoms with Crippen LogP contribution in [0.25, 0.3) is 83.8 Å². The number of rotatable bonds is 5. The minimum Gasteiger partial charge on any atom is -0.436 e. The third-order valence-corrected chi connectivity index (χ3v) is 8.41. The molecule has 0 spiro atoms. The lowest BCUT2D eigenvalue weighted by atomic mass is 10.0. The molecule has 9 aromatic rings. The standard InChI is InChI=1S/C40H25N5O/c1-3-13-36-29(9-1)30-18-16-27(40-44-35-12-2-4-14-39(35)46-40)24-37(30)45(36)38-23-26(15-19-31(38)34-11-6-8-22-42-34)33-20-17-28(25-43-33)32-10-5-7-21-41-32/h1-25H. The van der Waals surface area contributed by atoms with Gasteiger partial charge in [-0.15, -0.1) is 0 Å². The summed E-state index contributed by atoms with van der Waals surface area (Å²) in [6, 6.07) is 45.3. The zero-order valence-electron chi connectivity index (χ0n) is 24.6. The van der Waals surface area contributed by atoms with Crippen LogP contribution in [0.3, 0.4) is 0 Å². The predicted molar refractivity (Wildman–Crippen MR) is 183 cm³/mol. The normalized spacial score (nSPS) is 11.5. The van der Waals surface area contributed by atoms with Crippen molar-refractivity contribution < 1.29 is 4.42 Å². The summed E-state index contributed by atoms with van der Waals surface area (Å²) in [7, 11) is 0. The number of pyridine rings is 3. The number of fused-ring (bicyclic) bond motifs is 4. The molecule has 4 aromatic carbocycles. The van der Waals surface area contributed by atoms with Crippen LogP contribution in [-0.4, -0.2) is 24.5 Å². The lowest BCUT2D eigenvalue weighted by Gasteiger charge is -2.16. The maximum absolute atomic E-state index is 6.19. The van der Waals surface area contributed by atoms with Crippen molar-refractivity contribution in [3.05, 3.63) is 152 Å². The van der Waals surface area contributed by atoms with Gasteiger partial charge in [-0.1, -0.05) is 60.7 Å². The van der Waals surface area contributed by atoms with Crippen LogP contribution in [0.15, 0.2) is 156 Å². The van der Waals surface area contributed by atoms with Gasteiger partial charge < -0.3 is 8.98 Å². The molecule has 0 saturated heterocycles. The molecule has 0 unspecified atom stereocenters. The zero-order valence-corrected chi connectivity index (χ0v) is 24.6. The topological polar surface area (TPSA) is 69.6 Å². The molecule has 5 heterocycles. The fourth-order valence-corrected chi connectivity index (χ4v) is 6.22. The van der Waals surface area contributed by atoms with E-state index in [0.29, 0.717) is 5.89 Å². The fourth-order valence-electron chi connectivity index (χ4n) is 6.22. The molecular weight excluding hydrogens is 566 g/mol. The fraction of sp³-hybridized carbons (Fsp3) is 0. The Balaban J connectivity index is 1.27. The molecule has 0 amide bonds. The Morgan fingerprint density at radius 3 is 2.02 bits per heavy atom. The summed E-state index contributed by atoms with van der Waals surface area (Å²) < 4.78 is 8.52. The van der Waals surface area contributed by atoms with Crippen LogP contribution < -0.4 is 0 Å². The van der Waals surface area contributed by atoms with E-state index in [1.807, 2.05) is 67.0 Å². The third-order valence-electron chi connectivity index (χ3n) is 8.41. The summed E-state index contributed by atoms with van der Waals surface area (Å²) in [5.41, 5.74) is 11.3. The first kappa shape index (κ1) is 26.0. The van der Waals surface area contributed by atoms with Crippen molar-refractivity contribution in [3.8, 4) is 50.9 Å². The van der Waals surface area contributed by atoms with Gasteiger partial charge in [0.05, 0.1) is 33.8 Å². The number of oxazole rings is 1. The SMILES string of the molecule is c1ccc(-c2ccc(-c3ccc(-c4ccccn4)c(-n4c5ccccc5c5ccc(-c6nc7ccccc7o6)cc54)c3)nc2)nc1. The third kappa shape index (κ3) is 4.35. The van der Waals surface area contributed by atoms with E-state index in [4.69, 9.17) is 19.4 Å². The van der Waals surface area contributed by atoms with E-state index in [-0.39, 0.29) is 0 Å². The molecule has 46 heavy (non-hydrogen) atoms. The highest BCUT2D eigenvalue weighted by Crippen LogP contribution is 2.39. The highest BCUT2D eigenvalue weighted by Gasteiger charge is 2.19. The average Bonchev–Trinajstić information content (AvgIpc) is 3.71. The van der Waals surface area contributed by atoms with E-state index >= 15 is 0 Å². The Morgan fingerprint density at radius 2 is 1.22 bits per heavy atom. The van der Waals surface area contributed by atoms with Gasteiger partial charge in [0.1, 0.15) is 5.52 Å². The van der Waals surface area contributed by atoms with Crippen molar-refractivity contribution in [2.24, 2.45) is 0 Å². The minimum atomic E-state index is 0.593. The summed E-state index contributed by atoms with van der Waals surface area (Å²) in [5, 5.41) is 2.31. The lowest BCUT2D eigenvalue weighted by molar-refractivity contribution is 0.620. The predicted octanol–water partition coefficient (Wildman–Crippen LogP) is 9.78. The smallest absolute Gasteiger partial charge is 0.227 e. The summed E-state index contributed by atoms with van der Waals surface area (Å²) in [6.07, 6.45) is 5.52. The van der Waals surface area contributed by atoms with Crippen molar-refractivity contribution in [3.63, 3.8) is 0 Å². The van der Waals surface area contributed by atoms with Gasteiger partial charge in [-0.25, -0.2) is 4.98 Å². The van der Waals surface area contributed by atoms with Gasteiger partial charge in [-0.3, -0.25) is 15.0 Å². The van der Waals surface area contributed by atoms with Crippen molar-refractivity contribution >= 4 is 32.9 Å². The molecule has 0 aliphatic heterocycles. The molecule has 9 rings (SSSR count). The van der Waals surface area contributed by atoms with Crippen LogP contribution in [0.5, 0.6) is 0 Å². The van der Waals surface area contributed by atoms with Gasteiger partial charge in [0.15, 0.2) is 5.58 Å². The van der Waals surface area contributed by atoms with E-state index in [1.54, 1.807) is 6.20 Å². The summed E-state index contributed by atoms with van der Waals surface area (Å²) in [4.78, 5) is 18.9. The number of nitrogens with zero attached hydrogens (tertiary/aromatic N) is 5. The van der Waals surface area contributed by atoms with Crippen molar-refractivity contribution in [1.82, 2.24) is 24.5 Å². The van der Waals surface area contributed by atoms with Crippen LogP contribution in [0, 0.1) is 0 Å². The van der Waals surface area contributed by atoms with Gasteiger partial charge in [0.2, 0.25) is 5.89 Å². The second-order valence-corrected chi connectivity index (χ2v) is 11.2. The lowest BCUT2D eigenvalue weighted by Crippen LogP contribution is -1.99. The van der Waals surface area contributed by atoms with Crippen molar-refractivity contribution in [2.75, 3.05) is 0 Å². The second-order valence-electron chi connectivity index (χ2n) is 11.2. The molecule has 0 atom stereocenters. The van der Waals surface area contributed by atoms with Crippen molar-refractivity contribution in [1.29, 1.82) is 0 Å². The van der Waals surface area contributed by atoms with Crippen LogP contribution in [-0.2, 0) is 0 Å². The van der Waals surface area contributed by atoms with Gasteiger partial charge in [-0.2, -0.15) is 0 Å². The van der Waals surface area contributed by atoms with E-state index in [9.17, 15) is 0 Å². The summed E-state index contributed by atoms with van der Waals surface area (Å²) >= 11 is 0. The van der Waals surface area contributed by atoms with Crippen LogP contribution in [0.2, 0.25) is 0 Å². The number of aromatic nitrogens is 5. The Labute approximate surface area is 264 Å². The zero-order chi connectivity index (χ0) is 30.5. The first-order chi connectivity index (χ1) is 22.8. The summed E-state index contributed by atoms with van der Waals surface area (Å²) in [6.45, 7) is 0. The molecular formula is C40H25N5O. The van der Waals surface area contributed by atoms with Gasteiger partial charge in [0.25, 0.3) is 0 Å². The van der Waals surface area contributed by atoms with Gasteiger partial charge in [-0.05, 0) is 72.8 Å². The van der Waals surface area contributed by atoms with E-state index < -0.39 is 0 Å². The molecule has 0 bridgehead atoms. The molecule has 216 valence electrons. The molecule has 5 aromatic heterocycles. The van der Waals surface area contributed by atoms with Crippen molar-refractivity contribution in [2.45, 2.75) is 0 Å². The molecule has 6 heteroatoms. The first-order valence-corrected chi connectivity index (χ1v) is 15.1. The number of para-hydroxylation sites is 3. The van der Waals surface area contributed by atoms with Crippen LogP contribution >= 0.6 is 0 Å². The molecule has 0 fully saturated rings. The molecule has 0 N–H and O–H groups in total. The molecule has 0 radical (unpaired) electrons. The number of hydrogen-bond donors (Lipinski definition) is 0. The van der Waals surface area contributed by atoms with Crippen LogP contribution in [0.4, 0.5) is 0 Å². The van der Waals surface area contributed by atoms with E-state index in [2.05, 4.69) is 88.4 Å². The maximum atomic E-state index is 6.19. The second kappa shape index (κ2) is 10.6. The number of hydrogen-bond acceptors (Lipinski definition) is 5. The quantitative estimate of drug-likeness (QED) is 0.199. The number of benzene rings is 4. The molecule has 6 nitrogen and oxygen atoms in total. The van der Waals surface area contributed by atoms with E-state index in [1.165, 1.54) is 0 Å². The molecule has 0 aliphatic rings. The Hall–Kier alpha value is -6.40. The minimum absolute atomic E-state index is 0.593. The first-order valence-electron chi connectivity index (χ1n) is 15.1. The molecule has 0 aliphatic carbocycles. The Kier molecular flexibility index (Phi) is 6.03. The van der Waals surface area contributed by atoms with Gasteiger partial charge >= 0.3 is 0 Å². The highest BCUT2D eigenvalue weighted by molar-refractivity contribution is 6.10. The highest BCUT2D eigenvalue weighted by atomic mass is 16.3. The largest absolute Gasteiger partial charge is 0.436 e. The molecule has 0 saturated carbocycles. The summed E-state index contributed by atoms with van der Waals surface area (Å²) in [5.74, 6) is 0.593. The van der Waals surface area contributed by atoms with Gasteiger partial charge in [0, 0.05) is 51.6 Å². The van der Waals surface area contributed by atoms with E-state index in [0.717, 1.165) is 77.9 Å². The maximum Gasteiger partial charge on any atom is 0.227 e.